The first-order valence-electron chi connectivity index (χ1n) is 8.87. The number of ether oxygens (including phenoxy) is 1. The Kier molecular flexibility index (Phi) is 4.52. The number of anilines is 2. The SMILES string of the molecule is CSC1(c2cc(N3CCOC[C@@H]3C)nc(-c3ccc(N)c(F)c3)n2)CC1. The molecule has 2 aromatic rings. The zero-order valence-electron chi connectivity index (χ0n) is 15.0. The van der Waals surface area contributed by atoms with Crippen molar-refractivity contribution >= 4 is 23.3 Å². The Bertz CT molecular complexity index is 827. The minimum absolute atomic E-state index is 0.0638. The van der Waals surface area contributed by atoms with Gasteiger partial charge in [-0.1, -0.05) is 0 Å². The highest BCUT2D eigenvalue weighted by molar-refractivity contribution is 7.99. The van der Waals surface area contributed by atoms with E-state index < -0.39 is 5.82 Å². The molecular formula is C19H23FN4OS. The molecule has 138 valence electrons. The van der Waals surface area contributed by atoms with Gasteiger partial charge in [-0.3, -0.25) is 0 Å². The lowest BCUT2D eigenvalue weighted by Gasteiger charge is -2.34. The summed E-state index contributed by atoms with van der Waals surface area (Å²) in [5, 5.41) is 0. The quantitative estimate of drug-likeness (QED) is 0.827. The first-order valence-corrected chi connectivity index (χ1v) is 10.1. The molecule has 1 aromatic heterocycles. The van der Waals surface area contributed by atoms with Crippen LogP contribution in [0, 0.1) is 5.82 Å². The molecule has 26 heavy (non-hydrogen) atoms. The summed E-state index contributed by atoms with van der Waals surface area (Å²) in [6.07, 6.45) is 4.34. The van der Waals surface area contributed by atoms with Gasteiger partial charge in [0.05, 0.1) is 35.4 Å². The monoisotopic (exact) mass is 374 g/mol. The Labute approximate surface area is 157 Å². The molecule has 1 saturated carbocycles. The number of benzene rings is 1. The minimum atomic E-state index is -0.441. The summed E-state index contributed by atoms with van der Waals surface area (Å²) in [7, 11) is 0. The Hall–Kier alpha value is -1.86. The molecule has 2 aliphatic rings. The summed E-state index contributed by atoms with van der Waals surface area (Å²) >= 11 is 1.83. The third-order valence-electron chi connectivity index (χ3n) is 5.19. The number of hydrogen-bond donors (Lipinski definition) is 1. The van der Waals surface area contributed by atoms with Crippen molar-refractivity contribution < 1.29 is 9.13 Å². The maximum Gasteiger partial charge on any atom is 0.161 e. The van der Waals surface area contributed by atoms with Crippen molar-refractivity contribution in [2.75, 3.05) is 36.6 Å². The van der Waals surface area contributed by atoms with Crippen LogP contribution in [-0.4, -0.2) is 42.0 Å². The van der Waals surface area contributed by atoms with Crippen LogP contribution < -0.4 is 10.6 Å². The van der Waals surface area contributed by atoms with E-state index in [4.69, 9.17) is 20.4 Å². The second-order valence-corrected chi connectivity index (χ2v) is 8.18. The summed E-state index contributed by atoms with van der Waals surface area (Å²) < 4.78 is 19.6. The maximum absolute atomic E-state index is 14.0. The number of halogens is 1. The van der Waals surface area contributed by atoms with E-state index in [2.05, 4.69) is 24.1 Å². The van der Waals surface area contributed by atoms with Crippen LogP contribution in [0.5, 0.6) is 0 Å². The molecule has 4 rings (SSSR count). The zero-order chi connectivity index (χ0) is 18.3. The Morgan fingerprint density at radius 1 is 1.31 bits per heavy atom. The van der Waals surface area contributed by atoms with Crippen molar-refractivity contribution in [3.63, 3.8) is 0 Å². The standard InChI is InChI=1S/C19H23FN4OS/c1-12-11-25-8-7-24(12)17-10-16(19(26-2)5-6-19)22-18(23-17)13-3-4-15(21)14(20)9-13/h3-4,9-10,12H,5-8,11,21H2,1-2H3/t12-/m0/s1. The number of nitrogens with zero attached hydrogens (tertiary/aromatic N) is 3. The van der Waals surface area contributed by atoms with Gasteiger partial charge >= 0.3 is 0 Å². The molecule has 1 atom stereocenters. The van der Waals surface area contributed by atoms with Crippen LogP contribution in [0.1, 0.15) is 25.5 Å². The van der Waals surface area contributed by atoms with Gasteiger partial charge < -0.3 is 15.4 Å². The van der Waals surface area contributed by atoms with Gasteiger partial charge in [0.1, 0.15) is 11.6 Å². The van der Waals surface area contributed by atoms with Gasteiger partial charge in [0, 0.05) is 18.2 Å². The largest absolute Gasteiger partial charge is 0.396 e. The van der Waals surface area contributed by atoms with E-state index in [0.29, 0.717) is 24.6 Å². The summed E-state index contributed by atoms with van der Waals surface area (Å²) in [6, 6.07) is 7.11. The number of morpholine rings is 1. The average molecular weight is 374 g/mol. The highest BCUT2D eigenvalue weighted by Gasteiger charge is 2.45. The Morgan fingerprint density at radius 3 is 2.77 bits per heavy atom. The third-order valence-corrected chi connectivity index (χ3v) is 6.59. The average Bonchev–Trinajstić information content (AvgIpc) is 3.45. The van der Waals surface area contributed by atoms with E-state index in [0.717, 1.165) is 30.9 Å². The van der Waals surface area contributed by atoms with Gasteiger partial charge in [-0.15, -0.1) is 0 Å². The lowest BCUT2D eigenvalue weighted by molar-refractivity contribution is 0.0985. The predicted octanol–water partition coefficient (Wildman–Crippen LogP) is 3.44. The summed E-state index contributed by atoms with van der Waals surface area (Å²) in [4.78, 5) is 11.8. The molecule has 1 saturated heterocycles. The predicted molar refractivity (Wildman–Crippen MR) is 104 cm³/mol. The molecule has 0 bridgehead atoms. The van der Waals surface area contributed by atoms with Crippen molar-refractivity contribution in [3.8, 4) is 11.4 Å². The molecule has 0 radical (unpaired) electrons. The molecule has 1 aromatic carbocycles. The van der Waals surface area contributed by atoms with Gasteiger partial charge in [0.15, 0.2) is 5.82 Å². The van der Waals surface area contributed by atoms with Crippen molar-refractivity contribution in [3.05, 3.63) is 35.8 Å². The summed E-state index contributed by atoms with van der Waals surface area (Å²) in [5.74, 6) is 0.998. The van der Waals surface area contributed by atoms with Gasteiger partial charge in [-0.05, 0) is 44.2 Å². The topological polar surface area (TPSA) is 64.3 Å². The summed E-state index contributed by atoms with van der Waals surface area (Å²) in [5.41, 5.74) is 7.43. The van der Waals surface area contributed by atoms with E-state index in [1.54, 1.807) is 12.1 Å². The number of rotatable bonds is 4. The normalized spacial score (nSPS) is 21.7. The third kappa shape index (κ3) is 3.14. The second kappa shape index (κ2) is 6.70. The van der Waals surface area contributed by atoms with E-state index >= 15 is 0 Å². The zero-order valence-corrected chi connectivity index (χ0v) is 15.9. The van der Waals surface area contributed by atoms with Crippen LogP contribution in [0.15, 0.2) is 24.3 Å². The van der Waals surface area contributed by atoms with Crippen LogP contribution in [0.2, 0.25) is 0 Å². The second-order valence-electron chi connectivity index (χ2n) is 6.99. The Morgan fingerprint density at radius 2 is 2.12 bits per heavy atom. The molecule has 5 nitrogen and oxygen atoms in total. The highest BCUT2D eigenvalue weighted by atomic mass is 32.2. The maximum atomic E-state index is 14.0. The number of hydrogen-bond acceptors (Lipinski definition) is 6. The van der Waals surface area contributed by atoms with Crippen molar-refractivity contribution in [2.45, 2.75) is 30.6 Å². The van der Waals surface area contributed by atoms with E-state index in [1.807, 2.05) is 11.8 Å². The molecule has 0 spiro atoms. The van der Waals surface area contributed by atoms with Crippen LogP contribution in [0.4, 0.5) is 15.9 Å². The van der Waals surface area contributed by atoms with Crippen molar-refractivity contribution in [1.82, 2.24) is 9.97 Å². The number of aromatic nitrogens is 2. The smallest absolute Gasteiger partial charge is 0.161 e. The van der Waals surface area contributed by atoms with Gasteiger partial charge in [-0.2, -0.15) is 11.8 Å². The van der Waals surface area contributed by atoms with Gasteiger partial charge in [0.25, 0.3) is 0 Å². The first kappa shape index (κ1) is 17.5. The molecule has 2 fully saturated rings. The fourth-order valence-electron chi connectivity index (χ4n) is 3.36. The molecule has 0 amide bonds. The lowest BCUT2D eigenvalue weighted by Crippen LogP contribution is -2.44. The molecule has 7 heteroatoms. The van der Waals surface area contributed by atoms with Crippen LogP contribution in [0.25, 0.3) is 11.4 Å². The van der Waals surface area contributed by atoms with Crippen molar-refractivity contribution in [2.24, 2.45) is 0 Å². The highest BCUT2D eigenvalue weighted by Crippen LogP contribution is 2.55. The number of nitrogens with two attached hydrogens (primary N) is 1. The van der Waals surface area contributed by atoms with E-state index in [9.17, 15) is 4.39 Å². The van der Waals surface area contributed by atoms with Gasteiger partial charge in [0.2, 0.25) is 0 Å². The Balaban J connectivity index is 1.81. The number of thioether (sulfide) groups is 1. The number of nitrogen functional groups attached to an aromatic ring is 1. The van der Waals surface area contributed by atoms with Crippen LogP contribution >= 0.6 is 11.8 Å². The molecule has 1 aliphatic heterocycles. The fourth-order valence-corrected chi connectivity index (χ4v) is 4.18. The summed E-state index contributed by atoms with van der Waals surface area (Å²) in [6.45, 7) is 4.28. The molecule has 0 unspecified atom stereocenters. The molecule has 1 aliphatic carbocycles. The van der Waals surface area contributed by atoms with E-state index in [-0.39, 0.29) is 16.5 Å². The van der Waals surface area contributed by atoms with E-state index in [1.165, 1.54) is 6.07 Å². The molecule has 2 N–H and O–H groups in total. The minimum Gasteiger partial charge on any atom is -0.396 e. The lowest BCUT2D eigenvalue weighted by atomic mass is 10.1. The van der Waals surface area contributed by atoms with Crippen LogP contribution in [0.3, 0.4) is 0 Å². The first-order chi connectivity index (χ1) is 12.5. The van der Waals surface area contributed by atoms with Crippen LogP contribution in [-0.2, 0) is 9.48 Å². The molecule has 2 heterocycles. The fraction of sp³-hybridized carbons (Fsp3) is 0.474. The van der Waals surface area contributed by atoms with Gasteiger partial charge in [-0.25, -0.2) is 14.4 Å². The molecular weight excluding hydrogens is 351 g/mol. The van der Waals surface area contributed by atoms with Crippen molar-refractivity contribution in [1.29, 1.82) is 0 Å².